The molecule has 2 aromatic heterocycles. The normalized spacial score (nSPS) is 19.8. The predicted octanol–water partition coefficient (Wildman–Crippen LogP) is 4.55. The quantitative estimate of drug-likeness (QED) is 0.295. The maximum atomic E-state index is 12.2. The lowest BCUT2D eigenvalue weighted by atomic mass is 10.2. The molecule has 39 heavy (non-hydrogen) atoms. The third kappa shape index (κ3) is 7.27. The van der Waals surface area contributed by atoms with E-state index in [1.165, 1.54) is 11.0 Å². The largest absolute Gasteiger partial charge is 0.465 e. The molecule has 1 aromatic carbocycles. The van der Waals surface area contributed by atoms with Gasteiger partial charge in [-0.25, -0.2) is 25.1 Å². The third-order valence-corrected chi connectivity index (χ3v) is 7.59. The molecule has 2 amide bonds. The van der Waals surface area contributed by atoms with Crippen LogP contribution in [0.2, 0.25) is 0 Å². The van der Waals surface area contributed by atoms with Crippen LogP contribution in [0.1, 0.15) is 36.9 Å². The third-order valence-electron chi connectivity index (χ3n) is 6.65. The molecule has 2 atom stereocenters. The molecular formula is C28H31N5O5S. The van der Waals surface area contributed by atoms with Gasteiger partial charge in [-0.05, 0) is 43.0 Å². The van der Waals surface area contributed by atoms with Gasteiger partial charge in [0.2, 0.25) is 0 Å². The maximum Gasteiger partial charge on any atom is 0.413 e. The maximum absolute atomic E-state index is 12.2. The number of aromatic nitrogens is 2. The summed E-state index contributed by atoms with van der Waals surface area (Å²) in [4.78, 5) is 42.2. The van der Waals surface area contributed by atoms with Crippen LogP contribution in [0.3, 0.4) is 0 Å². The van der Waals surface area contributed by atoms with Crippen molar-refractivity contribution >= 4 is 35.2 Å². The smallest absolute Gasteiger partial charge is 0.413 e. The summed E-state index contributed by atoms with van der Waals surface area (Å²) in [5.41, 5.74) is 5.11. The minimum Gasteiger partial charge on any atom is -0.465 e. The van der Waals surface area contributed by atoms with Crippen molar-refractivity contribution < 1.29 is 24.3 Å². The fourth-order valence-corrected chi connectivity index (χ4v) is 5.52. The fraction of sp³-hybridized carbons (Fsp3) is 0.357. The van der Waals surface area contributed by atoms with E-state index in [1.807, 2.05) is 30.3 Å². The second-order valence-electron chi connectivity index (χ2n) is 9.50. The van der Waals surface area contributed by atoms with Crippen LogP contribution in [-0.4, -0.2) is 64.0 Å². The number of rotatable bonds is 9. The number of carboxylic acid groups (broad SMARTS) is 1. The second kappa shape index (κ2) is 12.9. The Morgan fingerprint density at radius 1 is 1.21 bits per heavy atom. The predicted molar refractivity (Wildman–Crippen MR) is 148 cm³/mol. The summed E-state index contributed by atoms with van der Waals surface area (Å²) < 4.78 is 5.41. The molecule has 2 saturated heterocycles. The van der Waals surface area contributed by atoms with Gasteiger partial charge in [0.15, 0.2) is 6.29 Å². The van der Waals surface area contributed by atoms with E-state index in [9.17, 15) is 14.7 Å². The Hall–Kier alpha value is -3.64. The van der Waals surface area contributed by atoms with Crippen LogP contribution in [0.25, 0.3) is 16.6 Å². The first-order valence-electron chi connectivity index (χ1n) is 13.0. The Morgan fingerprint density at radius 2 is 2.08 bits per heavy atom. The van der Waals surface area contributed by atoms with E-state index in [1.54, 1.807) is 35.7 Å². The van der Waals surface area contributed by atoms with Gasteiger partial charge in [0.05, 0.1) is 11.7 Å². The summed E-state index contributed by atoms with van der Waals surface area (Å²) in [6.45, 7) is 2.67. The molecule has 0 radical (unpaired) electrons. The molecule has 10 nitrogen and oxygen atoms in total. The van der Waals surface area contributed by atoms with Crippen molar-refractivity contribution in [2.24, 2.45) is 0 Å². The molecule has 2 N–H and O–H groups in total. The van der Waals surface area contributed by atoms with Crippen LogP contribution in [0.15, 0.2) is 60.1 Å². The molecule has 2 aliphatic heterocycles. The monoisotopic (exact) mass is 549 g/mol. The number of thiazole rings is 1. The van der Waals surface area contributed by atoms with E-state index >= 15 is 0 Å². The number of nitrogens with zero attached hydrogens (tertiary/aromatic N) is 4. The van der Waals surface area contributed by atoms with Crippen LogP contribution in [0.4, 0.5) is 10.6 Å². The summed E-state index contributed by atoms with van der Waals surface area (Å²) in [5, 5.41) is 13.0. The lowest BCUT2D eigenvalue weighted by Crippen LogP contribution is -2.41. The van der Waals surface area contributed by atoms with Gasteiger partial charge in [0, 0.05) is 55.9 Å². The number of pyridine rings is 1. The van der Waals surface area contributed by atoms with Crippen molar-refractivity contribution in [3.05, 3.63) is 71.4 Å². The first-order chi connectivity index (χ1) is 19.0. The lowest BCUT2D eigenvalue weighted by molar-refractivity contribution is -0.198. The molecule has 11 heteroatoms. The van der Waals surface area contributed by atoms with Crippen molar-refractivity contribution in [1.82, 2.24) is 20.3 Å². The molecule has 1 unspecified atom stereocenters. The van der Waals surface area contributed by atoms with Crippen molar-refractivity contribution in [3.63, 3.8) is 0 Å². The standard InChI is InChI=1S/C28H31N5O5S/c34-25(31-38-26-8-4-5-15-37-26)12-10-20-9-11-24(29-16-20)33(28(35)36)23-13-14-32(18-23)17-22-19-39-27(30-22)21-6-2-1-3-7-21/h1-3,6-7,9-12,16,19,23,26H,4-5,8,13-15,17-18H2,(H,31,34)(H,35,36)/b12-10+/t23-,26?/m1/s1. The van der Waals surface area contributed by atoms with Gasteiger partial charge in [-0.3, -0.25) is 14.6 Å². The van der Waals surface area contributed by atoms with E-state index in [0.717, 1.165) is 42.1 Å². The summed E-state index contributed by atoms with van der Waals surface area (Å²) in [5.74, 6) is -0.0591. The average Bonchev–Trinajstić information content (AvgIpc) is 3.62. The van der Waals surface area contributed by atoms with Crippen LogP contribution >= 0.6 is 11.3 Å². The molecule has 5 rings (SSSR count). The number of benzene rings is 1. The molecule has 2 aliphatic rings. The Bertz CT molecular complexity index is 1280. The zero-order valence-electron chi connectivity index (χ0n) is 21.4. The lowest BCUT2D eigenvalue weighted by Gasteiger charge is -2.25. The molecule has 0 bridgehead atoms. The van der Waals surface area contributed by atoms with Crippen molar-refractivity contribution in [3.8, 4) is 10.6 Å². The van der Waals surface area contributed by atoms with Gasteiger partial charge < -0.3 is 9.84 Å². The zero-order chi connectivity index (χ0) is 27.0. The van der Waals surface area contributed by atoms with E-state index in [-0.39, 0.29) is 6.04 Å². The van der Waals surface area contributed by atoms with E-state index in [4.69, 9.17) is 14.6 Å². The molecular weight excluding hydrogens is 518 g/mol. The van der Waals surface area contributed by atoms with Gasteiger partial charge in [-0.15, -0.1) is 11.3 Å². The van der Waals surface area contributed by atoms with Crippen molar-refractivity contribution in [2.75, 3.05) is 24.6 Å². The number of anilines is 1. The first-order valence-corrected chi connectivity index (χ1v) is 13.9. The number of amides is 2. The highest BCUT2D eigenvalue weighted by Gasteiger charge is 2.32. The number of likely N-dealkylation sites (tertiary alicyclic amines) is 1. The second-order valence-corrected chi connectivity index (χ2v) is 10.4. The van der Waals surface area contributed by atoms with Crippen molar-refractivity contribution in [1.29, 1.82) is 0 Å². The molecule has 0 saturated carbocycles. The molecule has 3 aromatic rings. The molecule has 2 fully saturated rings. The molecule has 4 heterocycles. The van der Waals surface area contributed by atoms with Crippen LogP contribution in [-0.2, 0) is 20.9 Å². The number of hydrogen-bond acceptors (Lipinski definition) is 8. The van der Waals surface area contributed by atoms with Gasteiger partial charge in [-0.1, -0.05) is 30.3 Å². The number of carbonyl (C=O) groups excluding carboxylic acids is 1. The summed E-state index contributed by atoms with van der Waals surface area (Å²) >= 11 is 1.62. The minimum absolute atomic E-state index is 0.214. The van der Waals surface area contributed by atoms with Gasteiger partial charge in [0.1, 0.15) is 10.8 Å². The number of hydrogen-bond donors (Lipinski definition) is 2. The summed E-state index contributed by atoms with van der Waals surface area (Å²) in [6.07, 6.45) is 6.47. The average molecular weight is 550 g/mol. The van der Waals surface area contributed by atoms with Gasteiger partial charge >= 0.3 is 6.09 Å². The van der Waals surface area contributed by atoms with Gasteiger partial charge in [-0.2, -0.15) is 0 Å². The summed E-state index contributed by atoms with van der Waals surface area (Å²) in [7, 11) is 0. The Kier molecular flexibility index (Phi) is 8.94. The number of hydroxylamine groups is 1. The SMILES string of the molecule is O=C(/C=C/c1ccc(N(C(=O)O)[C@@H]2CCN(Cc3csc(-c4ccccc4)n3)C2)nc1)NOC1CCCCO1. The zero-order valence-corrected chi connectivity index (χ0v) is 22.3. The van der Waals surface area contributed by atoms with Crippen molar-refractivity contribution in [2.45, 2.75) is 44.6 Å². The molecule has 204 valence electrons. The van der Waals surface area contributed by atoms with Crippen LogP contribution in [0, 0.1) is 0 Å². The Balaban J connectivity index is 1.14. The molecule has 0 aliphatic carbocycles. The fourth-order valence-electron chi connectivity index (χ4n) is 4.70. The first kappa shape index (κ1) is 26.9. The van der Waals surface area contributed by atoms with E-state index in [2.05, 4.69) is 20.7 Å². The highest BCUT2D eigenvalue weighted by atomic mass is 32.1. The molecule has 0 spiro atoms. The van der Waals surface area contributed by atoms with Crippen LogP contribution in [0.5, 0.6) is 0 Å². The van der Waals surface area contributed by atoms with Gasteiger partial charge in [0.25, 0.3) is 5.91 Å². The highest BCUT2D eigenvalue weighted by Crippen LogP contribution is 2.27. The van der Waals surface area contributed by atoms with E-state index in [0.29, 0.717) is 37.5 Å². The number of ether oxygens (including phenoxy) is 1. The Morgan fingerprint density at radius 3 is 2.82 bits per heavy atom. The number of carbonyl (C=O) groups is 2. The highest BCUT2D eigenvalue weighted by molar-refractivity contribution is 7.13. The van der Waals surface area contributed by atoms with E-state index < -0.39 is 18.3 Å². The topological polar surface area (TPSA) is 117 Å². The van der Waals surface area contributed by atoms with Crippen LogP contribution < -0.4 is 10.4 Å². The Labute approximate surface area is 230 Å². The number of nitrogens with one attached hydrogen (secondary N) is 1. The summed E-state index contributed by atoms with van der Waals surface area (Å²) in [6, 6.07) is 13.3. The minimum atomic E-state index is -1.04.